The predicted octanol–water partition coefficient (Wildman–Crippen LogP) is 2.34. The van der Waals surface area contributed by atoms with E-state index in [1.165, 1.54) is 8.61 Å². The van der Waals surface area contributed by atoms with Crippen molar-refractivity contribution in [1.82, 2.24) is 18.8 Å². The van der Waals surface area contributed by atoms with Crippen molar-refractivity contribution in [3.63, 3.8) is 0 Å². The fraction of sp³-hybridized carbons (Fsp3) is 0.519. The number of carbonyl (C=O) groups is 1. The summed E-state index contributed by atoms with van der Waals surface area (Å²) in [5, 5.41) is 13.9. The number of likely N-dealkylation sites (N-methyl/N-ethyl adjacent to an activating group) is 1. The number of hydrogen-bond acceptors (Lipinski definition) is 6. The van der Waals surface area contributed by atoms with Gasteiger partial charge in [-0.2, -0.15) is 17.0 Å². The third-order valence-electron chi connectivity index (χ3n) is 6.40. The maximum Gasteiger partial charge on any atom is 0.407 e. The van der Waals surface area contributed by atoms with Crippen molar-refractivity contribution >= 4 is 16.3 Å². The summed E-state index contributed by atoms with van der Waals surface area (Å²) in [5.41, 5.74) is 1.75. The van der Waals surface area contributed by atoms with Gasteiger partial charge in [0.15, 0.2) is 0 Å². The largest absolute Gasteiger partial charge is 0.445 e. The molecule has 2 aromatic rings. The van der Waals surface area contributed by atoms with Gasteiger partial charge in [0.25, 0.3) is 10.2 Å². The third-order valence-corrected chi connectivity index (χ3v) is 8.43. The minimum Gasteiger partial charge on any atom is -0.445 e. The first-order valence-corrected chi connectivity index (χ1v) is 14.2. The van der Waals surface area contributed by atoms with Gasteiger partial charge in [0.2, 0.25) is 0 Å². The van der Waals surface area contributed by atoms with E-state index in [1.807, 2.05) is 81.6 Å². The molecule has 10 heteroatoms. The molecule has 1 aliphatic heterocycles. The van der Waals surface area contributed by atoms with Gasteiger partial charge in [-0.3, -0.25) is 0 Å². The molecule has 2 unspecified atom stereocenters. The van der Waals surface area contributed by atoms with Crippen LogP contribution in [0, 0.1) is 5.92 Å². The van der Waals surface area contributed by atoms with Crippen molar-refractivity contribution in [2.45, 2.75) is 39.0 Å². The number of piperazine rings is 1. The number of alkyl carbamates (subject to hydrolysis) is 1. The lowest BCUT2D eigenvalue weighted by Crippen LogP contribution is -2.59. The highest BCUT2D eigenvalue weighted by Gasteiger charge is 2.39. The highest BCUT2D eigenvalue weighted by Crippen LogP contribution is 2.22. The highest BCUT2D eigenvalue weighted by atomic mass is 32.2. The molecule has 0 radical (unpaired) electrons. The Morgan fingerprint density at radius 1 is 1.00 bits per heavy atom. The number of aliphatic hydroxyl groups is 1. The van der Waals surface area contributed by atoms with Crippen molar-refractivity contribution in [2.75, 3.05) is 46.3 Å². The normalized spacial score (nSPS) is 17.0. The van der Waals surface area contributed by atoms with Gasteiger partial charge in [0.05, 0.1) is 12.1 Å². The zero-order valence-corrected chi connectivity index (χ0v) is 22.8. The molecule has 0 saturated carbocycles. The molecule has 1 amide bonds. The Balaban J connectivity index is 1.77. The minimum absolute atomic E-state index is 0.0384. The second-order valence-corrected chi connectivity index (χ2v) is 11.8. The van der Waals surface area contributed by atoms with Crippen LogP contribution < -0.4 is 5.32 Å². The Morgan fingerprint density at radius 3 is 2.14 bits per heavy atom. The van der Waals surface area contributed by atoms with Crippen LogP contribution in [0.15, 0.2) is 60.7 Å². The lowest BCUT2D eigenvalue weighted by atomic mass is 10.0. The molecule has 1 heterocycles. The number of amides is 1. The molecule has 1 saturated heterocycles. The van der Waals surface area contributed by atoms with E-state index in [1.54, 1.807) is 0 Å². The number of hydrogen-bond donors (Lipinski definition) is 2. The van der Waals surface area contributed by atoms with Crippen LogP contribution in [0.4, 0.5) is 4.79 Å². The van der Waals surface area contributed by atoms with E-state index in [0.29, 0.717) is 32.6 Å². The van der Waals surface area contributed by atoms with Gasteiger partial charge in [-0.05, 0) is 30.5 Å². The average Bonchev–Trinajstić information content (AvgIpc) is 2.89. The molecule has 9 nitrogen and oxygen atoms in total. The number of ether oxygens (including phenoxy) is 1. The second-order valence-electron chi connectivity index (χ2n) is 9.94. The Morgan fingerprint density at radius 2 is 1.57 bits per heavy atom. The van der Waals surface area contributed by atoms with Crippen molar-refractivity contribution < 1.29 is 23.1 Å². The summed E-state index contributed by atoms with van der Waals surface area (Å²) in [6, 6.07) is 18.0. The van der Waals surface area contributed by atoms with Crippen molar-refractivity contribution in [3.8, 4) is 0 Å². The van der Waals surface area contributed by atoms with E-state index < -0.39 is 28.4 Å². The van der Waals surface area contributed by atoms with Gasteiger partial charge in [-0.1, -0.05) is 74.5 Å². The molecule has 37 heavy (non-hydrogen) atoms. The van der Waals surface area contributed by atoms with E-state index >= 15 is 0 Å². The Labute approximate surface area is 221 Å². The number of nitrogens with zero attached hydrogens (tertiary/aromatic N) is 3. The smallest absolute Gasteiger partial charge is 0.407 e. The third kappa shape index (κ3) is 8.79. The summed E-state index contributed by atoms with van der Waals surface area (Å²) in [6.07, 6.45) is -1.51. The topological polar surface area (TPSA) is 102 Å². The van der Waals surface area contributed by atoms with Gasteiger partial charge in [0, 0.05) is 39.3 Å². The van der Waals surface area contributed by atoms with Gasteiger partial charge in [-0.25, -0.2) is 4.79 Å². The fourth-order valence-electron chi connectivity index (χ4n) is 4.31. The molecule has 2 aromatic carbocycles. The first-order chi connectivity index (χ1) is 17.7. The molecule has 2 atom stereocenters. The molecular weight excluding hydrogens is 492 g/mol. The van der Waals surface area contributed by atoms with Crippen LogP contribution in [0.25, 0.3) is 0 Å². The standard InChI is InChI=1S/C27H40N4O5S/c1-22(2)20-31(37(34,35)30-16-14-29(3)15-17-30)25(18-23-10-6-4-7-11-23)26(32)19-28-27(33)36-21-24-12-8-5-9-13-24/h4-13,22,25-26,32H,14-21H2,1-3H3,(H,28,33). The summed E-state index contributed by atoms with van der Waals surface area (Å²) in [4.78, 5) is 14.4. The Kier molecular flexibility index (Phi) is 10.9. The van der Waals surface area contributed by atoms with Crippen LogP contribution in [0.2, 0.25) is 0 Å². The summed E-state index contributed by atoms with van der Waals surface area (Å²) < 4.78 is 35.9. The number of nitrogens with one attached hydrogen (secondary N) is 1. The molecule has 1 aliphatic rings. The highest BCUT2D eigenvalue weighted by molar-refractivity contribution is 7.86. The fourth-order valence-corrected chi connectivity index (χ4v) is 6.28. The summed E-state index contributed by atoms with van der Waals surface area (Å²) >= 11 is 0. The monoisotopic (exact) mass is 532 g/mol. The predicted molar refractivity (Wildman–Crippen MR) is 144 cm³/mol. The van der Waals surface area contributed by atoms with E-state index in [2.05, 4.69) is 10.2 Å². The molecular formula is C27H40N4O5S. The summed E-state index contributed by atoms with van der Waals surface area (Å²) in [5.74, 6) is 0.0384. The van der Waals surface area contributed by atoms with E-state index in [0.717, 1.165) is 11.1 Å². The molecule has 0 spiro atoms. The lowest BCUT2D eigenvalue weighted by Gasteiger charge is -2.40. The van der Waals surface area contributed by atoms with Crippen LogP contribution in [0.3, 0.4) is 0 Å². The first-order valence-electron chi connectivity index (χ1n) is 12.8. The Hall–Kier alpha value is -2.50. The molecule has 0 aliphatic carbocycles. The van der Waals surface area contributed by atoms with Crippen molar-refractivity contribution in [1.29, 1.82) is 0 Å². The zero-order chi connectivity index (χ0) is 26.8. The average molecular weight is 533 g/mol. The van der Waals surface area contributed by atoms with Crippen LogP contribution in [0.1, 0.15) is 25.0 Å². The first kappa shape index (κ1) is 29.1. The number of carbonyl (C=O) groups excluding carboxylic acids is 1. The minimum atomic E-state index is -3.86. The number of benzene rings is 2. The van der Waals surface area contributed by atoms with Crippen LogP contribution in [-0.2, 0) is 28.0 Å². The molecule has 3 rings (SSSR count). The number of rotatable bonds is 12. The van der Waals surface area contributed by atoms with Gasteiger partial charge in [-0.15, -0.1) is 0 Å². The lowest BCUT2D eigenvalue weighted by molar-refractivity contribution is 0.0743. The second kappa shape index (κ2) is 13.9. The number of aliphatic hydroxyl groups excluding tert-OH is 1. The van der Waals surface area contributed by atoms with Gasteiger partial charge >= 0.3 is 6.09 Å². The van der Waals surface area contributed by atoms with E-state index in [9.17, 15) is 18.3 Å². The molecule has 2 N–H and O–H groups in total. The van der Waals surface area contributed by atoms with Gasteiger partial charge < -0.3 is 20.1 Å². The SMILES string of the molecule is CC(C)CN(C(Cc1ccccc1)C(O)CNC(=O)OCc1ccccc1)S(=O)(=O)N1CCN(C)CC1. The summed E-state index contributed by atoms with van der Waals surface area (Å²) in [6.45, 7) is 6.21. The van der Waals surface area contributed by atoms with Crippen LogP contribution >= 0.6 is 0 Å². The molecule has 1 fully saturated rings. The van der Waals surface area contributed by atoms with Crippen molar-refractivity contribution in [2.24, 2.45) is 5.92 Å². The zero-order valence-electron chi connectivity index (χ0n) is 22.0. The maximum absolute atomic E-state index is 13.9. The van der Waals surface area contributed by atoms with Crippen LogP contribution in [0.5, 0.6) is 0 Å². The summed E-state index contributed by atoms with van der Waals surface area (Å²) in [7, 11) is -1.88. The molecule has 0 bridgehead atoms. The van der Waals surface area contributed by atoms with E-state index in [-0.39, 0.29) is 25.6 Å². The van der Waals surface area contributed by atoms with Crippen molar-refractivity contribution in [3.05, 3.63) is 71.8 Å². The van der Waals surface area contributed by atoms with E-state index in [4.69, 9.17) is 4.74 Å². The molecule has 204 valence electrons. The van der Waals surface area contributed by atoms with Gasteiger partial charge in [0.1, 0.15) is 6.61 Å². The maximum atomic E-state index is 13.9. The van der Waals surface area contributed by atoms with Crippen LogP contribution in [-0.4, -0.2) is 91.6 Å². The quantitative estimate of drug-likeness (QED) is 0.435. The Bertz CT molecular complexity index is 1060. The molecule has 0 aromatic heterocycles.